The molecule has 1 N–H and O–H groups in total. The molecule has 43 heavy (non-hydrogen) atoms. The fourth-order valence-corrected chi connectivity index (χ4v) is 5.60. The Bertz CT molecular complexity index is 1550. The van der Waals surface area contributed by atoms with Crippen LogP contribution in [0.1, 0.15) is 43.5 Å². The molecule has 0 spiro atoms. The van der Waals surface area contributed by atoms with E-state index < -0.39 is 6.43 Å². The van der Waals surface area contributed by atoms with Crippen molar-refractivity contribution in [3.8, 4) is 17.4 Å². The first-order valence-electron chi connectivity index (χ1n) is 14.5. The SMILES string of the molecule is COc1ccc(CNC(=O)C2CCC(Oc3cc(-n4c(C(F)F)nc5ccccc54)nc(N4CCOCC4)n3)CC2)cc1. The molecular weight excluding hydrogens is 558 g/mol. The summed E-state index contributed by atoms with van der Waals surface area (Å²) in [7, 11) is 1.62. The number of aromatic nitrogens is 4. The number of rotatable bonds is 9. The molecule has 1 aliphatic heterocycles. The second kappa shape index (κ2) is 12.9. The molecule has 2 aromatic carbocycles. The summed E-state index contributed by atoms with van der Waals surface area (Å²) in [6, 6.07) is 16.2. The Labute approximate surface area is 248 Å². The maximum atomic E-state index is 14.1. The molecule has 1 saturated carbocycles. The molecule has 0 radical (unpaired) electrons. The van der Waals surface area contributed by atoms with Crippen molar-refractivity contribution in [1.29, 1.82) is 0 Å². The first-order valence-corrected chi connectivity index (χ1v) is 14.5. The Morgan fingerprint density at radius 2 is 1.77 bits per heavy atom. The molecule has 226 valence electrons. The van der Waals surface area contributed by atoms with Gasteiger partial charge in [0.25, 0.3) is 6.43 Å². The summed E-state index contributed by atoms with van der Waals surface area (Å²) in [5, 5.41) is 3.04. The van der Waals surface area contributed by atoms with Gasteiger partial charge < -0.3 is 24.4 Å². The first-order chi connectivity index (χ1) is 21.0. The van der Waals surface area contributed by atoms with Crippen LogP contribution in [0.5, 0.6) is 11.6 Å². The molecule has 1 saturated heterocycles. The Balaban J connectivity index is 1.17. The van der Waals surface area contributed by atoms with Crippen molar-refractivity contribution in [2.24, 2.45) is 5.92 Å². The minimum absolute atomic E-state index is 0.0275. The first kappa shape index (κ1) is 28.8. The Morgan fingerprint density at radius 1 is 1.02 bits per heavy atom. The van der Waals surface area contributed by atoms with Crippen LogP contribution in [-0.4, -0.2) is 64.9 Å². The van der Waals surface area contributed by atoms with Crippen LogP contribution in [0.4, 0.5) is 14.7 Å². The number of carbonyl (C=O) groups is 1. The smallest absolute Gasteiger partial charge is 0.296 e. The number of ether oxygens (including phenoxy) is 3. The number of imidazole rings is 1. The van der Waals surface area contributed by atoms with E-state index in [4.69, 9.17) is 14.2 Å². The minimum atomic E-state index is -2.80. The van der Waals surface area contributed by atoms with Crippen LogP contribution in [-0.2, 0) is 16.1 Å². The summed E-state index contributed by atoms with van der Waals surface area (Å²) in [6.45, 7) is 2.64. The summed E-state index contributed by atoms with van der Waals surface area (Å²) in [4.78, 5) is 28.4. The second-order valence-electron chi connectivity index (χ2n) is 10.7. The lowest BCUT2D eigenvalue weighted by molar-refractivity contribution is -0.126. The number of para-hydroxylation sites is 2. The third-order valence-electron chi connectivity index (χ3n) is 7.94. The molecular formula is C31H34F2N6O4. The fourth-order valence-electron chi connectivity index (χ4n) is 5.60. The zero-order valence-corrected chi connectivity index (χ0v) is 23.9. The molecule has 10 nitrogen and oxygen atoms in total. The van der Waals surface area contributed by atoms with Crippen molar-refractivity contribution in [3.63, 3.8) is 0 Å². The van der Waals surface area contributed by atoms with Gasteiger partial charge in [-0.05, 0) is 55.5 Å². The molecule has 1 amide bonds. The molecule has 4 aromatic rings. The highest BCUT2D eigenvalue weighted by molar-refractivity contribution is 5.79. The molecule has 1 aliphatic carbocycles. The molecule has 2 aromatic heterocycles. The van der Waals surface area contributed by atoms with Crippen molar-refractivity contribution in [1.82, 2.24) is 24.8 Å². The van der Waals surface area contributed by atoms with Crippen molar-refractivity contribution in [2.45, 2.75) is 44.8 Å². The van der Waals surface area contributed by atoms with E-state index in [1.54, 1.807) is 37.4 Å². The molecule has 6 rings (SSSR count). The van der Waals surface area contributed by atoms with Crippen molar-refractivity contribution in [2.75, 3.05) is 38.3 Å². The average molecular weight is 593 g/mol. The highest BCUT2D eigenvalue weighted by atomic mass is 19.3. The molecule has 2 fully saturated rings. The van der Waals surface area contributed by atoms with Crippen LogP contribution in [0.25, 0.3) is 16.9 Å². The van der Waals surface area contributed by atoms with Gasteiger partial charge in [0.1, 0.15) is 17.7 Å². The van der Waals surface area contributed by atoms with Gasteiger partial charge in [0, 0.05) is 31.6 Å². The molecule has 0 unspecified atom stereocenters. The number of carbonyl (C=O) groups excluding carboxylic acids is 1. The maximum Gasteiger partial charge on any atom is 0.296 e. The lowest BCUT2D eigenvalue weighted by Crippen LogP contribution is -2.37. The van der Waals surface area contributed by atoms with E-state index in [1.807, 2.05) is 29.2 Å². The fraction of sp³-hybridized carbons (Fsp3) is 0.419. The zero-order valence-electron chi connectivity index (χ0n) is 23.9. The number of morpholine rings is 1. The van der Waals surface area contributed by atoms with E-state index in [-0.39, 0.29) is 29.6 Å². The number of alkyl halides is 2. The minimum Gasteiger partial charge on any atom is -0.497 e. The van der Waals surface area contributed by atoms with E-state index in [9.17, 15) is 13.6 Å². The van der Waals surface area contributed by atoms with E-state index >= 15 is 0 Å². The number of nitrogens with zero attached hydrogens (tertiary/aromatic N) is 5. The topological polar surface area (TPSA) is 104 Å². The van der Waals surface area contributed by atoms with E-state index in [0.717, 1.165) is 11.3 Å². The quantitative estimate of drug-likeness (QED) is 0.294. The molecule has 0 atom stereocenters. The van der Waals surface area contributed by atoms with Crippen molar-refractivity contribution >= 4 is 22.9 Å². The summed E-state index contributed by atoms with van der Waals surface area (Å²) < 4.78 is 46.7. The van der Waals surface area contributed by atoms with Gasteiger partial charge in [0.2, 0.25) is 17.7 Å². The third-order valence-corrected chi connectivity index (χ3v) is 7.94. The lowest BCUT2D eigenvalue weighted by Gasteiger charge is -2.29. The Morgan fingerprint density at radius 3 is 2.49 bits per heavy atom. The third kappa shape index (κ3) is 6.53. The van der Waals surface area contributed by atoms with Crippen LogP contribution >= 0.6 is 0 Å². The number of amides is 1. The molecule has 3 heterocycles. The summed E-state index contributed by atoms with van der Waals surface area (Å²) in [5.41, 5.74) is 1.98. The highest BCUT2D eigenvalue weighted by Crippen LogP contribution is 2.32. The number of hydrogen-bond acceptors (Lipinski definition) is 8. The number of anilines is 1. The summed E-state index contributed by atoms with van der Waals surface area (Å²) in [6.07, 6.45) is -0.277. The number of halogens is 2. The summed E-state index contributed by atoms with van der Waals surface area (Å²) >= 11 is 0. The monoisotopic (exact) mass is 592 g/mol. The Hall–Kier alpha value is -4.32. The Kier molecular flexibility index (Phi) is 8.64. The average Bonchev–Trinajstić information content (AvgIpc) is 3.45. The van der Waals surface area contributed by atoms with Crippen LogP contribution in [0.2, 0.25) is 0 Å². The zero-order chi connectivity index (χ0) is 29.8. The van der Waals surface area contributed by atoms with Gasteiger partial charge in [-0.1, -0.05) is 24.3 Å². The van der Waals surface area contributed by atoms with Gasteiger partial charge in [-0.3, -0.25) is 9.36 Å². The van der Waals surface area contributed by atoms with E-state index in [2.05, 4.69) is 20.3 Å². The van der Waals surface area contributed by atoms with Gasteiger partial charge in [-0.15, -0.1) is 0 Å². The van der Waals surface area contributed by atoms with Crippen LogP contribution < -0.4 is 19.7 Å². The normalized spacial score (nSPS) is 19.0. The number of fused-ring (bicyclic) bond motifs is 1. The van der Waals surface area contributed by atoms with Crippen LogP contribution in [0.15, 0.2) is 54.6 Å². The number of hydrogen-bond donors (Lipinski definition) is 1. The van der Waals surface area contributed by atoms with Crippen LogP contribution in [0.3, 0.4) is 0 Å². The largest absolute Gasteiger partial charge is 0.497 e. The molecule has 0 bridgehead atoms. The lowest BCUT2D eigenvalue weighted by atomic mass is 9.86. The van der Waals surface area contributed by atoms with Gasteiger partial charge in [-0.25, -0.2) is 13.8 Å². The van der Waals surface area contributed by atoms with Gasteiger partial charge >= 0.3 is 0 Å². The van der Waals surface area contributed by atoms with E-state index in [0.29, 0.717) is 81.4 Å². The molecule has 2 aliphatic rings. The van der Waals surface area contributed by atoms with Gasteiger partial charge in [-0.2, -0.15) is 9.97 Å². The van der Waals surface area contributed by atoms with E-state index in [1.165, 1.54) is 4.57 Å². The standard InChI is InChI=1S/C31H34F2N6O4/c1-41-22-10-6-20(7-11-22)19-34-30(40)21-8-12-23(13-9-21)43-27-18-26(36-31(37-27)38-14-16-42-17-15-38)39-25-5-3-2-4-24(25)35-29(39)28(32)33/h2-7,10-11,18,21,23,28H,8-9,12-17,19H2,1H3,(H,34,40). The van der Waals surface area contributed by atoms with Crippen molar-refractivity contribution < 1.29 is 27.8 Å². The predicted octanol–water partition coefficient (Wildman–Crippen LogP) is 4.85. The summed E-state index contributed by atoms with van der Waals surface area (Å²) in [5.74, 6) is 1.27. The van der Waals surface area contributed by atoms with Crippen molar-refractivity contribution in [3.05, 3.63) is 66.0 Å². The maximum absolute atomic E-state index is 14.1. The predicted molar refractivity (Wildman–Crippen MR) is 156 cm³/mol. The second-order valence-corrected chi connectivity index (χ2v) is 10.7. The van der Waals surface area contributed by atoms with Gasteiger partial charge in [0.15, 0.2) is 5.82 Å². The van der Waals surface area contributed by atoms with Gasteiger partial charge in [0.05, 0.1) is 31.4 Å². The number of methoxy groups -OCH3 is 1. The van der Waals surface area contributed by atoms with Crippen LogP contribution in [0, 0.1) is 5.92 Å². The number of nitrogens with one attached hydrogen (secondary N) is 1. The highest BCUT2D eigenvalue weighted by Gasteiger charge is 2.29. The number of benzene rings is 2. The molecule has 12 heteroatoms.